The minimum absolute atomic E-state index is 0.152. The van der Waals surface area contributed by atoms with E-state index in [0.29, 0.717) is 5.06 Å². The number of aliphatic hydroxyl groups excluding tert-OH is 2. The second kappa shape index (κ2) is 6.26. The van der Waals surface area contributed by atoms with Crippen molar-refractivity contribution in [3.8, 4) is 0 Å². The van der Waals surface area contributed by atoms with Gasteiger partial charge in [0, 0.05) is 0 Å². The molecule has 1 aromatic rings. The number of hydrogen-bond acceptors (Lipinski definition) is 5. The minimum atomic E-state index is -1.26. The summed E-state index contributed by atoms with van der Waals surface area (Å²) in [6, 6.07) is 0. The number of carbonyl (C=O) groups excluding carboxylic acids is 2. The largest absolute Gasteiger partial charge is 0.394 e. The van der Waals surface area contributed by atoms with Crippen molar-refractivity contribution in [2.45, 2.75) is 6.10 Å². The van der Waals surface area contributed by atoms with Crippen molar-refractivity contribution in [2.24, 2.45) is 0 Å². The Labute approximate surface area is 138 Å². The molecule has 0 bridgehead atoms. The van der Waals surface area contributed by atoms with Gasteiger partial charge in [-0.1, -0.05) is 46.4 Å². The van der Waals surface area contributed by atoms with E-state index in [-0.39, 0.29) is 31.2 Å². The number of fused-ring (bicyclic) bond motifs is 1. The van der Waals surface area contributed by atoms with Crippen molar-refractivity contribution in [2.75, 3.05) is 13.2 Å². The molecule has 1 aliphatic heterocycles. The lowest BCUT2D eigenvalue weighted by Crippen LogP contribution is -2.34. The first-order valence-corrected chi connectivity index (χ1v) is 6.99. The van der Waals surface area contributed by atoms with Gasteiger partial charge in [-0.25, -0.2) is 0 Å². The highest BCUT2D eigenvalue weighted by Gasteiger charge is 2.42. The average molecular weight is 375 g/mol. The number of halogens is 4. The van der Waals surface area contributed by atoms with E-state index in [4.69, 9.17) is 56.3 Å². The van der Waals surface area contributed by atoms with Crippen LogP contribution in [0.5, 0.6) is 0 Å². The lowest BCUT2D eigenvalue weighted by atomic mass is 10.1. The van der Waals surface area contributed by atoms with Gasteiger partial charge >= 0.3 is 0 Å². The quantitative estimate of drug-likeness (QED) is 0.479. The normalized spacial score (nSPS) is 15.6. The van der Waals surface area contributed by atoms with Crippen molar-refractivity contribution in [1.29, 1.82) is 0 Å². The summed E-state index contributed by atoms with van der Waals surface area (Å²) >= 11 is 23.5. The molecule has 10 heteroatoms. The summed E-state index contributed by atoms with van der Waals surface area (Å²) in [7, 11) is 0. The summed E-state index contributed by atoms with van der Waals surface area (Å²) in [5, 5.41) is 17.5. The molecule has 0 saturated carbocycles. The van der Waals surface area contributed by atoms with Crippen LogP contribution in [0, 0.1) is 0 Å². The monoisotopic (exact) mass is 373 g/mol. The maximum atomic E-state index is 12.1. The molecule has 6 nitrogen and oxygen atoms in total. The maximum Gasteiger partial charge on any atom is 0.287 e. The van der Waals surface area contributed by atoms with Crippen LogP contribution in [0.15, 0.2) is 0 Å². The zero-order valence-electron chi connectivity index (χ0n) is 10.1. The molecule has 0 fully saturated rings. The molecular formula is C11H7Cl4NO5. The third kappa shape index (κ3) is 2.73. The molecule has 2 amide bonds. The number of hydrogen-bond donors (Lipinski definition) is 2. The Morgan fingerprint density at radius 1 is 0.952 bits per heavy atom. The van der Waals surface area contributed by atoms with E-state index >= 15 is 0 Å². The van der Waals surface area contributed by atoms with E-state index < -0.39 is 31.1 Å². The van der Waals surface area contributed by atoms with Crippen LogP contribution >= 0.6 is 46.4 Å². The van der Waals surface area contributed by atoms with Gasteiger partial charge in [0.25, 0.3) is 11.8 Å². The van der Waals surface area contributed by atoms with Crippen molar-refractivity contribution < 1.29 is 24.6 Å². The summed E-state index contributed by atoms with van der Waals surface area (Å²) in [4.78, 5) is 29.1. The highest BCUT2D eigenvalue weighted by atomic mass is 35.5. The molecule has 1 unspecified atom stereocenters. The Morgan fingerprint density at radius 2 is 1.38 bits per heavy atom. The highest BCUT2D eigenvalue weighted by molar-refractivity contribution is 6.55. The van der Waals surface area contributed by atoms with E-state index in [1.807, 2.05) is 0 Å². The first-order chi connectivity index (χ1) is 9.81. The Kier molecular flexibility index (Phi) is 4.99. The first kappa shape index (κ1) is 16.8. The van der Waals surface area contributed by atoms with Crippen molar-refractivity contribution in [3.63, 3.8) is 0 Å². The summed E-state index contributed by atoms with van der Waals surface area (Å²) in [5.41, 5.74) is -0.445. The van der Waals surface area contributed by atoms with E-state index in [9.17, 15) is 14.7 Å². The Balaban J connectivity index is 2.43. The number of hydroxylamine groups is 2. The zero-order valence-corrected chi connectivity index (χ0v) is 13.1. The molecule has 0 radical (unpaired) electrons. The minimum Gasteiger partial charge on any atom is -0.394 e. The first-order valence-electron chi connectivity index (χ1n) is 5.47. The molecule has 2 rings (SSSR count). The van der Waals surface area contributed by atoms with Gasteiger partial charge in [-0.2, -0.15) is 0 Å². The molecule has 0 aliphatic carbocycles. The second-order valence-corrected chi connectivity index (χ2v) is 5.55. The lowest BCUT2D eigenvalue weighted by Gasteiger charge is -2.15. The Hall–Kier alpha value is -0.600. The smallest absolute Gasteiger partial charge is 0.287 e. The number of benzene rings is 1. The standard InChI is InChI=1S/C11H7Cl4NO5/c12-6-4-5(7(13)9(15)8(6)14)11(20)16(10(4)19)21-2-3(18)1-17/h3,17-18H,1-2H2. The molecule has 1 aliphatic rings. The van der Waals surface area contributed by atoms with Crippen LogP contribution in [0.3, 0.4) is 0 Å². The predicted molar refractivity (Wildman–Crippen MR) is 76.0 cm³/mol. The van der Waals surface area contributed by atoms with Crippen LogP contribution in [-0.2, 0) is 4.84 Å². The molecule has 0 saturated heterocycles. The van der Waals surface area contributed by atoms with Crippen molar-refractivity contribution in [3.05, 3.63) is 31.2 Å². The third-order valence-electron chi connectivity index (χ3n) is 2.67. The van der Waals surface area contributed by atoms with Crippen LogP contribution in [0.25, 0.3) is 0 Å². The van der Waals surface area contributed by atoms with Gasteiger partial charge in [0.05, 0.1) is 37.8 Å². The summed E-state index contributed by atoms with van der Waals surface area (Å²) in [6.07, 6.45) is -1.26. The van der Waals surface area contributed by atoms with Crippen LogP contribution in [-0.4, -0.2) is 46.4 Å². The average Bonchev–Trinajstić information content (AvgIpc) is 2.71. The van der Waals surface area contributed by atoms with E-state index in [1.165, 1.54) is 0 Å². The number of rotatable bonds is 4. The number of imide groups is 1. The number of nitrogens with zero attached hydrogens (tertiary/aromatic N) is 1. The van der Waals surface area contributed by atoms with Crippen molar-refractivity contribution in [1.82, 2.24) is 5.06 Å². The second-order valence-electron chi connectivity index (χ2n) is 4.04. The van der Waals surface area contributed by atoms with E-state index in [1.54, 1.807) is 0 Å². The van der Waals surface area contributed by atoms with Crippen molar-refractivity contribution >= 4 is 58.2 Å². The third-order valence-corrected chi connectivity index (χ3v) is 4.47. The van der Waals surface area contributed by atoms with Crippen LogP contribution in [0.1, 0.15) is 20.7 Å². The van der Waals surface area contributed by atoms with Crippen LogP contribution in [0.2, 0.25) is 20.1 Å². The number of carbonyl (C=O) groups is 2. The molecule has 1 heterocycles. The molecule has 114 valence electrons. The molecule has 21 heavy (non-hydrogen) atoms. The molecular weight excluding hydrogens is 368 g/mol. The summed E-state index contributed by atoms with van der Waals surface area (Å²) in [6.45, 7) is -1.07. The fourth-order valence-corrected chi connectivity index (χ4v) is 2.67. The van der Waals surface area contributed by atoms with Gasteiger partial charge in [-0.15, -0.1) is 5.06 Å². The van der Waals surface area contributed by atoms with Crippen LogP contribution in [0.4, 0.5) is 0 Å². The zero-order chi connectivity index (χ0) is 15.9. The molecule has 2 N–H and O–H groups in total. The van der Waals surface area contributed by atoms with Crippen LogP contribution < -0.4 is 0 Å². The Morgan fingerprint density at radius 3 is 1.76 bits per heavy atom. The fourth-order valence-electron chi connectivity index (χ4n) is 1.66. The molecule has 1 atom stereocenters. The van der Waals surface area contributed by atoms with E-state index in [2.05, 4.69) is 0 Å². The molecule has 1 aromatic carbocycles. The van der Waals surface area contributed by atoms with Gasteiger partial charge in [-0.05, 0) is 0 Å². The van der Waals surface area contributed by atoms with Gasteiger partial charge in [-0.3, -0.25) is 14.4 Å². The van der Waals surface area contributed by atoms with Gasteiger partial charge in [0.1, 0.15) is 12.7 Å². The molecule has 0 spiro atoms. The maximum absolute atomic E-state index is 12.1. The van der Waals surface area contributed by atoms with Gasteiger partial charge in [0.2, 0.25) is 0 Å². The topological polar surface area (TPSA) is 87.1 Å². The fraction of sp³-hybridized carbons (Fsp3) is 0.273. The number of aliphatic hydroxyl groups is 2. The Bertz CT molecular complexity index is 589. The SMILES string of the molecule is O=C1c2c(Cl)c(Cl)c(Cl)c(Cl)c2C(=O)N1OCC(O)CO. The predicted octanol–water partition coefficient (Wildman–Crippen LogP) is 2.18. The lowest BCUT2D eigenvalue weighted by molar-refractivity contribution is -0.121. The molecule has 0 aromatic heterocycles. The van der Waals surface area contributed by atoms with Gasteiger partial charge in [0.15, 0.2) is 0 Å². The number of amides is 2. The van der Waals surface area contributed by atoms with Gasteiger partial charge < -0.3 is 10.2 Å². The summed E-state index contributed by atoms with van der Waals surface area (Å²) < 4.78 is 0. The highest BCUT2D eigenvalue weighted by Crippen LogP contribution is 2.44. The summed E-state index contributed by atoms with van der Waals surface area (Å²) in [5.74, 6) is -1.77. The van der Waals surface area contributed by atoms with E-state index in [0.717, 1.165) is 0 Å².